The summed E-state index contributed by atoms with van der Waals surface area (Å²) in [5.74, 6) is -0.718. The molecule has 3 nitrogen and oxygen atoms in total. The maximum Gasteiger partial charge on any atom is 0.165 e. The van der Waals surface area contributed by atoms with Gasteiger partial charge in [0.2, 0.25) is 0 Å². The van der Waals surface area contributed by atoms with Crippen molar-refractivity contribution in [1.82, 2.24) is 0 Å². The zero-order valence-electron chi connectivity index (χ0n) is 10.5. The highest BCUT2D eigenvalue weighted by Crippen LogP contribution is 2.21. The van der Waals surface area contributed by atoms with E-state index < -0.39 is 5.82 Å². The first kappa shape index (κ1) is 14.3. The first-order chi connectivity index (χ1) is 9.60. The molecule has 20 heavy (non-hydrogen) atoms. The highest BCUT2D eigenvalue weighted by molar-refractivity contribution is 6.69. The first-order valence-electron chi connectivity index (χ1n) is 5.69. The number of hydrogen-bond donors (Lipinski definition) is 1. The molecule has 2 aromatic rings. The molecule has 0 amide bonds. The van der Waals surface area contributed by atoms with Gasteiger partial charge in [0, 0.05) is 11.6 Å². The van der Waals surface area contributed by atoms with Crippen LogP contribution in [0, 0.1) is 11.6 Å². The molecule has 0 aromatic heterocycles. The highest BCUT2D eigenvalue weighted by Gasteiger charge is 2.04. The van der Waals surface area contributed by atoms with Gasteiger partial charge in [-0.25, -0.2) is 8.78 Å². The van der Waals surface area contributed by atoms with Gasteiger partial charge >= 0.3 is 0 Å². The Labute approximate surface area is 119 Å². The van der Waals surface area contributed by atoms with Crippen molar-refractivity contribution in [3.8, 4) is 5.75 Å². The highest BCUT2D eigenvalue weighted by atomic mass is 35.5. The molecule has 0 heterocycles. The van der Waals surface area contributed by atoms with Crippen molar-refractivity contribution in [3.63, 3.8) is 0 Å². The van der Waals surface area contributed by atoms with E-state index in [1.807, 2.05) is 0 Å². The molecule has 0 bridgehead atoms. The summed E-state index contributed by atoms with van der Waals surface area (Å²) < 4.78 is 30.8. The fourth-order valence-corrected chi connectivity index (χ4v) is 1.66. The molecule has 0 spiro atoms. The second-order valence-electron chi connectivity index (χ2n) is 3.87. The number of methoxy groups -OCH3 is 1. The number of halogens is 3. The van der Waals surface area contributed by atoms with E-state index >= 15 is 0 Å². The maximum absolute atomic E-state index is 13.2. The van der Waals surface area contributed by atoms with E-state index in [-0.39, 0.29) is 16.7 Å². The lowest BCUT2D eigenvalue weighted by molar-refractivity contribution is 0.387. The normalized spacial score (nSPS) is 11.3. The van der Waals surface area contributed by atoms with E-state index in [1.165, 1.54) is 49.6 Å². The van der Waals surface area contributed by atoms with Crippen LogP contribution in [0.15, 0.2) is 47.6 Å². The largest absolute Gasteiger partial charge is 0.494 e. The lowest BCUT2D eigenvalue weighted by atomic mass is 10.2. The average Bonchev–Trinajstić information content (AvgIpc) is 2.46. The number of hydrazone groups is 1. The van der Waals surface area contributed by atoms with E-state index in [0.717, 1.165) is 0 Å². The Morgan fingerprint density at radius 1 is 1.15 bits per heavy atom. The molecule has 0 fully saturated rings. The third kappa shape index (κ3) is 3.45. The second kappa shape index (κ2) is 6.34. The summed E-state index contributed by atoms with van der Waals surface area (Å²) in [6.45, 7) is 0. The molecule has 0 aliphatic heterocycles. The Morgan fingerprint density at radius 2 is 1.85 bits per heavy atom. The zero-order chi connectivity index (χ0) is 14.5. The van der Waals surface area contributed by atoms with E-state index in [4.69, 9.17) is 16.3 Å². The van der Waals surface area contributed by atoms with Crippen molar-refractivity contribution in [1.29, 1.82) is 0 Å². The van der Waals surface area contributed by atoms with Gasteiger partial charge in [-0.3, -0.25) is 5.43 Å². The van der Waals surface area contributed by atoms with Gasteiger partial charge in [-0.2, -0.15) is 5.10 Å². The van der Waals surface area contributed by atoms with E-state index in [9.17, 15) is 8.78 Å². The number of nitrogens with zero attached hydrogens (tertiary/aromatic N) is 1. The van der Waals surface area contributed by atoms with Gasteiger partial charge in [0.1, 0.15) is 5.82 Å². The molecule has 0 saturated heterocycles. The summed E-state index contributed by atoms with van der Waals surface area (Å²) in [7, 11) is 1.37. The van der Waals surface area contributed by atoms with Crippen LogP contribution in [0.25, 0.3) is 0 Å². The number of hydrogen-bond acceptors (Lipinski definition) is 3. The lowest BCUT2D eigenvalue weighted by Crippen LogP contribution is -1.98. The number of nitrogens with one attached hydrogen (secondary N) is 1. The Hall–Kier alpha value is -2.14. The van der Waals surface area contributed by atoms with Crippen LogP contribution in [0.4, 0.5) is 14.5 Å². The van der Waals surface area contributed by atoms with Gasteiger partial charge in [0.05, 0.1) is 12.8 Å². The fourth-order valence-electron chi connectivity index (χ4n) is 1.49. The number of benzene rings is 2. The van der Waals surface area contributed by atoms with Gasteiger partial charge in [-0.1, -0.05) is 11.6 Å². The molecule has 1 N–H and O–H groups in total. The van der Waals surface area contributed by atoms with Crippen LogP contribution >= 0.6 is 11.6 Å². The predicted octanol–water partition coefficient (Wildman–Crippen LogP) is 3.99. The molecule has 2 aromatic carbocycles. The van der Waals surface area contributed by atoms with Crippen LogP contribution in [0.1, 0.15) is 5.56 Å². The van der Waals surface area contributed by atoms with Crippen LogP contribution in [-0.2, 0) is 0 Å². The van der Waals surface area contributed by atoms with E-state index in [0.29, 0.717) is 11.3 Å². The van der Waals surface area contributed by atoms with Crippen molar-refractivity contribution < 1.29 is 13.5 Å². The molecule has 2 rings (SSSR count). The van der Waals surface area contributed by atoms with Crippen molar-refractivity contribution >= 4 is 22.5 Å². The van der Waals surface area contributed by atoms with Crippen molar-refractivity contribution in [2.75, 3.05) is 12.5 Å². The summed E-state index contributed by atoms with van der Waals surface area (Å²) in [6.07, 6.45) is 0. The van der Waals surface area contributed by atoms with Crippen molar-refractivity contribution in [3.05, 3.63) is 59.7 Å². The fraction of sp³-hybridized carbons (Fsp3) is 0.0714. The molecule has 0 atom stereocenters. The SMILES string of the molecule is COc1cc(NN=C(Cl)c2ccc(F)cc2)ccc1F. The topological polar surface area (TPSA) is 33.6 Å². The van der Waals surface area contributed by atoms with E-state index in [2.05, 4.69) is 10.5 Å². The molecule has 104 valence electrons. The zero-order valence-corrected chi connectivity index (χ0v) is 11.3. The summed E-state index contributed by atoms with van der Waals surface area (Å²) in [5, 5.41) is 4.09. The van der Waals surface area contributed by atoms with Crippen LogP contribution in [0.3, 0.4) is 0 Å². The molecule has 0 aliphatic carbocycles. The van der Waals surface area contributed by atoms with Crippen LogP contribution < -0.4 is 10.2 Å². The quantitative estimate of drug-likeness (QED) is 0.684. The van der Waals surface area contributed by atoms with Gasteiger partial charge in [0.25, 0.3) is 0 Å². The van der Waals surface area contributed by atoms with Gasteiger partial charge in [-0.05, 0) is 36.4 Å². The number of rotatable bonds is 4. The number of anilines is 1. The van der Waals surface area contributed by atoms with E-state index in [1.54, 1.807) is 0 Å². The summed E-state index contributed by atoms with van der Waals surface area (Å²) in [4.78, 5) is 0. The molecule has 0 saturated carbocycles. The Balaban J connectivity index is 2.14. The third-order valence-corrected chi connectivity index (χ3v) is 2.82. The standard InChI is InChI=1S/C14H11ClF2N2O/c1-20-13-8-11(6-7-12(13)17)18-19-14(15)9-2-4-10(16)5-3-9/h2-8,18H,1H3. The summed E-state index contributed by atoms with van der Waals surface area (Å²) >= 11 is 5.97. The van der Waals surface area contributed by atoms with Crippen LogP contribution in [0.5, 0.6) is 5.75 Å². The molecule has 0 unspecified atom stereocenters. The van der Waals surface area contributed by atoms with Crippen molar-refractivity contribution in [2.45, 2.75) is 0 Å². The van der Waals surface area contributed by atoms with Crippen LogP contribution in [-0.4, -0.2) is 12.3 Å². The first-order valence-corrected chi connectivity index (χ1v) is 6.06. The average molecular weight is 297 g/mol. The minimum atomic E-state index is -0.466. The lowest BCUT2D eigenvalue weighted by Gasteiger charge is -2.05. The maximum atomic E-state index is 13.2. The van der Waals surface area contributed by atoms with Gasteiger partial charge in [-0.15, -0.1) is 0 Å². The molecular formula is C14H11ClF2N2O. The molecule has 6 heteroatoms. The number of ether oxygens (including phenoxy) is 1. The Kier molecular flexibility index (Phi) is 4.53. The third-order valence-electron chi connectivity index (χ3n) is 2.52. The molecular weight excluding hydrogens is 286 g/mol. The Bertz CT molecular complexity index is 630. The minimum Gasteiger partial charge on any atom is -0.494 e. The van der Waals surface area contributed by atoms with Gasteiger partial charge in [0.15, 0.2) is 16.7 Å². The predicted molar refractivity (Wildman–Crippen MR) is 75.4 cm³/mol. The summed E-state index contributed by atoms with van der Waals surface area (Å²) in [5.41, 5.74) is 3.76. The van der Waals surface area contributed by atoms with Crippen LogP contribution in [0.2, 0.25) is 0 Å². The van der Waals surface area contributed by atoms with Crippen molar-refractivity contribution in [2.24, 2.45) is 5.10 Å². The molecule has 0 aliphatic rings. The monoisotopic (exact) mass is 296 g/mol. The minimum absolute atomic E-state index is 0.100. The smallest absolute Gasteiger partial charge is 0.165 e. The second-order valence-corrected chi connectivity index (χ2v) is 4.23. The van der Waals surface area contributed by atoms with Gasteiger partial charge < -0.3 is 4.74 Å². The molecule has 0 radical (unpaired) electrons. The Morgan fingerprint density at radius 3 is 2.50 bits per heavy atom. The summed E-state index contributed by atoms with van der Waals surface area (Å²) in [6, 6.07) is 9.79.